The minimum Gasteiger partial charge on any atom is -0.337 e. The Morgan fingerprint density at radius 1 is 1.39 bits per heavy atom. The zero-order valence-corrected chi connectivity index (χ0v) is 10.5. The van der Waals surface area contributed by atoms with E-state index in [1.165, 1.54) is 4.73 Å². The van der Waals surface area contributed by atoms with Crippen LogP contribution in [0.3, 0.4) is 0 Å². The van der Waals surface area contributed by atoms with E-state index in [4.69, 9.17) is 10.6 Å². The number of hydrogen-bond donors (Lipinski definition) is 1. The average Bonchev–Trinajstić information content (AvgIpc) is 2.79. The third kappa shape index (κ3) is 2.90. The highest BCUT2D eigenvalue weighted by Gasteiger charge is 2.09. The number of hydrogen-bond acceptors (Lipinski definition) is 3. The average molecular weight is 246 g/mol. The van der Waals surface area contributed by atoms with Crippen LogP contribution in [0.2, 0.25) is 0 Å². The van der Waals surface area contributed by atoms with E-state index in [1.54, 1.807) is 6.20 Å². The van der Waals surface area contributed by atoms with Crippen LogP contribution in [0.1, 0.15) is 26.2 Å². The molecule has 96 valence electrons. The Kier molecular flexibility index (Phi) is 3.99. The van der Waals surface area contributed by atoms with Crippen molar-refractivity contribution in [1.82, 2.24) is 4.73 Å². The van der Waals surface area contributed by atoms with Crippen LogP contribution in [-0.4, -0.2) is 16.7 Å². The lowest BCUT2D eigenvalue weighted by Crippen LogP contribution is -2.24. The Balaban J connectivity index is 1.99. The van der Waals surface area contributed by atoms with Gasteiger partial charge in [0.25, 0.3) is 0 Å². The number of para-hydroxylation sites is 1. The first-order chi connectivity index (χ1) is 8.70. The zero-order valence-electron chi connectivity index (χ0n) is 10.5. The lowest BCUT2D eigenvalue weighted by atomic mass is 10.1. The van der Waals surface area contributed by atoms with Crippen molar-refractivity contribution < 1.29 is 9.63 Å². The summed E-state index contributed by atoms with van der Waals surface area (Å²) in [5, 5.41) is 1.05. The molecule has 0 saturated carbocycles. The summed E-state index contributed by atoms with van der Waals surface area (Å²) in [6.07, 6.45) is 3.64. The van der Waals surface area contributed by atoms with E-state index >= 15 is 0 Å². The minimum atomic E-state index is -0.250. The van der Waals surface area contributed by atoms with E-state index < -0.39 is 0 Å². The highest BCUT2D eigenvalue weighted by Crippen LogP contribution is 2.13. The Hall–Kier alpha value is -1.81. The Bertz CT molecular complexity index is 533. The lowest BCUT2D eigenvalue weighted by molar-refractivity contribution is -0.143. The van der Waals surface area contributed by atoms with Gasteiger partial charge in [0, 0.05) is 24.0 Å². The predicted molar refractivity (Wildman–Crippen MR) is 71.0 cm³/mol. The van der Waals surface area contributed by atoms with Gasteiger partial charge >= 0.3 is 5.97 Å². The number of nitrogens with zero attached hydrogens (tertiary/aromatic N) is 1. The lowest BCUT2D eigenvalue weighted by Gasteiger charge is -2.09. The maximum absolute atomic E-state index is 11.7. The van der Waals surface area contributed by atoms with Crippen LogP contribution in [0.15, 0.2) is 36.5 Å². The molecule has 18 heavy (non-hydrogen) atoms. The largest absolute Gasteiger partial charge is 0.337 e. The summed E-state index contributed by atoms with van der Waals surface area (Å²) in [7, 11) is 0. The molecular weight excluding hydrogens is 228 g/mol. The van der Waals surface area contributed by atoms with Gasteiger partial charge in [-0.25, -0.2) is 4.79 Å². The van der Waals surface area contributed by atoms with Gasteiger partial charge < -0.3 is 10.6 Å². The molecule has 1 aromatic carbocycles. The molecule has 0 radical (unpaired) electrons. The molecule has 1 aromatic heterocycles. The van der Waals surface area contributed by atoms with Crippen LogP contribution >= 0.6 is 0 Å². The molecule has 2 aromatic rings. The van der Waals surface area contributed by atoms with Crippen molar-refractivity contribution in [1.29, 1.82) is 0 Å². The van der Waals surface area contributed by atoms with E-state index in [0.717, 1.165) is 17.3 Å². The van der Waals surface area contributed by atoms with Crippen LogP contribution < -0.4 is 10.6 Å². The quantitative estimate of drug-likeness (QED) is 0.879. The normalized spacial score (nSPS) is 12.6. The van der Waals surface area contributed by atoms with Crippen molar-refractivity contribution in [2.75, 3.05) is 0 Å². The standard InChI is InChI=1S/C14H18N2O2/c1-2-12(15)7-8-14(17)18-16-10-9-11-5-3-4-6-13(11)16/h3-6,9-10,12H,2,7-8,15H2,1H3. The smallest absolute Gasteiger partial charge is 0.332 e. The third-order valence-electron chi connectivity index (χ3n) is 3.01. The Labute approximate surface area is 106 Å². The predicted octanol–water partition coefficient (Wildman–Crippen LogP) is 2.11. The van der Waals surface area contributed by atoms with Gasteiger partial charge in [0.1, 0.15) is 0 Å². The van der Waals surface area contributed by atoms with Gasteiger partial charge in [-0.2, -0.15) is 4.73 Å². The molecule has 1 atom stereocenters. The fraction of sp³-hybridized carbons (Fsp3) is 0.357. The first-order valence-corrected chi connectivity index (χ1v) is 6.23. The van der Waals surface area contributed by atoms with Crippen molar-refractivity contribution in [2.45, 2.75) is 32.2 Å². The van der Waals surface area contributed by atoms with Crippen molar-refractivity contribution in [3.63, 3.8) is 0 Å². The van der Waals surface area contributed by atoms with E-state index in [9.17, 15) is 4.79 Å². The fourth-order valence-corrected chi connectivity index (χ4v) is 1.80. The zero-order chi connectivity index (χ0) is 13.0. The van der Waals surface area contributed by atoms with Crippen LogP contribution in [0.4, 0.5) is 0 Å². The number of rotatable bonds is 5. The van der Waals surface area contributed by atoms with Gasteiger partial charge in [0.05, 0.1) is 5.52 Å². The summed E-state index contributed by atoms with van der Waals surface area (Å²) < 4.78 is 1.51. The maximum atomic E-state index is 11.7. The van der Waals surface area contributed by atoms with Crippen molar-refractivity contribution >= 4 is 16.9 Å². The molecule has 0 aliphatic carbocycles. The molecule has 4 heteroatoms. The summed E-state index contributed by atoms with van der Waals surface area (Å²) >= 11 is 0. The van der Waals surface area contributed by atoms with E-state index in [0.29, 0.717) is 12.8 Å². The highest BCUT2D eigenvalue weighted by molar-refractivity contribution is 5.80. The second-order valence-corrected chi connectivity index (χ2v) is 4.37. The molecule has 0 aliphatic rings. The summed E-state index contributed by atoms with van der Waals surface area (Å²) in [5.41, 5.74) is 6.66. The molecule has 2 rings (SSSR count). The number of aromatic nitrogens is 1. The van der Waals surface area contributed by atoms with Gasteiger partial charge in [-0.1, -0.05) is 25.1 Å². The van der Waals surface area contributed by atoms with E-state index in [2.05, 4.69) is 0 Å². The minimum absolute atomic E-state index is 0.0685. The van der Waals surface area contributed by atoms with Crippen LogP contribution in [0.25, 0.3) is 10.9 Å². The number of fused-ring (bicyclic) bond motifs is 1. The molecule has 0 bridgehead atoms. The van der Waals surface area contributed by atoms with Crippen LogP contribution in [0, 0.1) is 0 Å². The summed E-state index contributed by atoms with van der Waals surface area (Å²) in [6, 6.07) is 9.75. The van der Waals surface area contributed by atoms with Crippen molar-refractivity contribution in [2.24, 2.45) is 5.73 Å². The molecule has 1 heterocycles. The molecule has 0 aliphatic heterocycles. The number of carbonyl (C=O) groups excluding carboxylic acids is 1. The highest BCUT2D eigenvalue weighted by atomic mass is 16.7. The third-order valence-corrected chi connectivity index (χ3v) is 3.01. The molecule has 4 nitrogen and oxygen atoms in total. The summed E-state index contributed by atoms with van der Waals surface area (Å²) in [5.74, 6) is -0.250. The van der Waals surface area contributed by atoms with Gasteiger partial charge in [-0.05, 0) is 25.0 Å². The number of carbonyl (C=O) groups is 1. The van der Waals surface area contributed by atoms with Crippen LogP contribution in [-0.2, 0) is 4.79 Å². The monoisotopic (exact) mass is 246 g/mol. The van der Waals surface area contributed by atoms with E-state index in [-0.39, 0.29) is 12.0 Å². The summed E-state index contributed by atoms with van der Waals surface area (Å²) in [4.78, 5) is 17.0. The molecule has 0 fully saturated rings. The SMILES string of the molecule is CCC(N)CCC(=O)On1ccc2ccccc21. The number of benzene rings is 1. The Morgan fingerprint density at radius 3 is 2.94 bits per heavy atom. The first kappa shape index (κ1) is 12.6. The molecule has 0 saturated heterocycles. The van der Waals surface area contributed by atoms with Crippen LogP contribution in [0.5, 0.6) is 0 Å². The molecule has 2 N–H and O–H groups in total. The van der Waals surface area contributed by atoms with Gasteiger partial charge in [-0.3, -0.25) is 0 Å². The Morgan fingerprint density at radius 2 is 2.17 bits per heavy atom. The molecule has 0 amide bonds. The van der Waals surface area contributed by atoms with Gasteiger partial charge in [-0.15, -0.1) is 0 Å². The number of nitrogens with two attached hydrogens (primary N) is 1. The van der Waals surface area contributed by atoms with Gasteiger partial charge in [0.15, 0.2) is 0 Å². The summed E-state index contributed by atoms with van der Waals surface area (Å²) in [6.45, 7) is 2.01. The maximum Gasteiger partial charge on any atom is 0.332 e. The molecule has 1 unspecified atom stereocenters. The van der Waals surface area contributed by atoms with E-state index in [1.807, 2.05) is 37.3 Å². The molecular formula is C14H18N2O2. The topological polar surface area (TPSA) is 57.3 Å². The van der Waals surface area contributed by atoms with Crippen molar-refractivity contribution in [3.8, 4) is 0 Å². The fourth-order valence-electron chi connectivity index (χ4n) is 1.80. The second kappa shape index (κ2) is 5.69. The van der Waals surface area contributed by atoms with Gasteiger partial charge in [0.2, 0.25) is 0 Å². The first-order valence-electron chi connectivity index (χ1n) is 6.23. The molecule has 0 spiro atoms. The second-order valence-electron chi connectivity index (χ2n) is 4.37. The van der Waals surface area contributed by atoms with Crippen molar-refractivity contribution in [3.05, 3.63) is 36.5 Å².